The third kappa shape index (κ3) is 4.00. The van der Waals surface area contributed by atoms with Gasteiger partial charge in [-0.25, -0.2) is 4.98 Å². The first-order valence-corrected chi connectivity index (χ1v) is 8.95. The number of carbonyl (C=O) groups excluding carboxylic acids is 2. The molecule has 1 saturated heterocycles. The van der Waals surface area contributed by atoms with Gasteiger partial charge in [-0.1, -0.05) is 0 Å². The van der Waals surface area contributed by atoms with Gasteiger partial charge in [-0.05, 0) is 6.42 Å². The lowest BCUT2D eigenvalue weighted by Gasteiger charge is -2.21. The minimum atomic E-state index is -0.0318. The molecule has 0 radical (unpaired) electrons. The minimum absolute atomic E-state index is 0.0318. The van der Waals surface area contributed by atoms with Gasteiger partial charge < -0.3 is 9.80 Å². The molecule has 3 heterocycles. The zero-order valence-electron chi connectivity index (χ0n) is 13.7. The molecule has 24 heavy (non-hydrogen) atoms. The van der Waals surface area contributed by atoms with E-state index in [9.17, 15) is 9.59 Å². The molecule has 0 N–H and O–H groups in total. The Morgan fingerprint density at radius 3 is 2.79 bits per heavy atom. The Kier molecular flexibility index (Phi) is 5.24. The molecule has 0 unspecified atom stereocenters. The molecule has 0 spiro atoms. The van der Waals surface area contributed by atoms with Crippen LogP contribution in [0, 0.1) is 0 Å². The molecule has 0 aliphatic carbocycles. The first kappa shape index (κ1) is 16.6. The molecule has 1 aliphatic rings. The standard InChI is InChI=1S/C16H21N5O2S/c1-19-12-13(11-18-19)14(22)3-4-15(23)20-6-2-7-21(9-8-20)16-17-5-10-24-16/h5,10-12H,2-4,6-9H2,1H3. The van der Waals surface area contributed by atoms with E-state index in [-0.39, 0.29) is 24.5 Å². The normalized spacial score (nSPS) is 15.4. The Morgan fingerprint density at radius 2 is 2.08 bits per heavy atom. The molecule has 1 aliphatic heterocycles. The third-order valence-electron chi connectivity index (χ3n) is 4.13. The molecule has 7 nitrogen and oxygen atoms in total. The summed E-state index contributed by atoms with van der Waals surface area (Å²) >= 11 is 1.62. The van der Waals surface area contributed by atoms with Gasteiger partial charge in [-0.3, -0.25) is 14.3 Å². The van der Waals surface area contributed by atoms with Crippen LogP contribution in [-0.2, 0) is 11.8 Å². The molecular weight excluding hydrogens is 326 g/mol. The molecule has 0 aromatic carbocycles. The summed E-state index contributed by atoms with van der Waals surface area (Å²) in [6.07, 6.45) is 6.44. The van der Waals surface area contributed by atoms with Gasteiger partial charge in [-0.15, -0.1) is 11.3 Å². The van der Waals surface area contributed by atoms with Crippen LogP contribution in [0.15, 0.2) is 24.0 Å². The molecule has 1 amide bonds. The number of ketones is 1. The molecular formula is C16H21N5O2S. The molecule has 1 fully saturated rings. The Bertz CT molecular complexity index is 697. The van der Waals surface area contributed by atoms with E-state index in [0.717, 1.165) is 31.2 Å². The molecule has 2 aromatic heterocycles. The lowest BCUT2D eigenvalue weighted by atomic mass is 10.1. The Hall–Kier alpha value is -2.22. The van der Waals surface area contributed by atoms with Crippen molar-refractivity contribution in [1.82, 2.24) is 19.7 Å². The van der Waals surface area contributed by atoms with Gasteiger partial charge >= 0.3 is 0 Å². The number of carbonyl (C=O) groups is 2. The van der Waals surface area contributed by atoms with E-state index in [4.69, 9.17) is 0 Å². The largest absolute Gasteiger partial charge is 0.346 e. The highest BCUT2D eigenvalue weighted by Crippen LogP contribution is 2.19. The third-order valence-corrected chi connectivity index (χ3v) is 4.96. The molecule has 0 bridgehead atoms. The van der Waals surface area contributed by atoms with Gasteiger partial charge in [0.25, 0.3) is 0 Å². The average Bonchev–Trinajstić information content (AvgIpc) is 3.19. The van der Waals surface area contributed by atoms with E-state index in [1.165, 1.54) is 0 Å². The number of nitrogens with zero attached hydrogens (tertiary/aromatic N) is 5. The Labute approximate surface area is 144 Å². The van der Waals surface area contributed by atoms with Crippen LogP contribution in [0.1, 0.15) is 29.6 Å². The van der Waals surface area contributed by atoms with Gasteiger partial charge in [-0.2, -0.15) is 5.10 Å². The van der Waals surface area contributed by atoms with Crippen molar-refractivity contribution in [2.24, 2.45) is 7.05 Å². The fourth-order valence-electron chi connectivity index (χ4n) is 2.82. The molecule has 8 heteroatoms. The van der Waals surface area contributed by atoms with Crippen LogP contribution in [0.5, 0.6) is 0 Å². The van der Waals surface area contributed by atoms with Crippen LogP contribution in [0.25, 0.3) is 0 Å². The number of aryl methyl sites for hydroxylation is 1. The summed E-state index contributed by atoms with van der Waals surface area (Å²) in [6, 6.07) is 0. The van der Waals surface area contributed by atoms with E-state index in [1.807, 2.05) is 10.3 Å². The predicted molar refractivity (Wildman–Crippen MR) is 92.3 cm³/mol. The fourth-order valence-corrected chi connectivity index (χ4v) is 3.52. The van der Waals surface area contributed by atoms with Crippen LogP contribution >= 0.6 is 11.3 Å². The van der Waals surface area contributed by atoms with Gasteiger partial charge in [0.1, 0.15) is 0 Å². The maximum atomic E-state index is 12.4. The van der Waals surface area contributed by atoms with E-state index in [1.54, 1.807) is 41.7 Å². The van der Waals surface area contributed by atoms with E-state index in [2.05, 4.69) is 15.0 Å². The summed E-state index contributed by atoms with van der Waals surface area (Å²) in [6.45, 7) is 3.11. The van der Waals surface area contributed by atoms with Crippen molar-refractivity contribution >= 4 is 28.2 Å². The summed E-state index contributed by atoms with van der Waals surface area (Å²) in [5, 5.41) is 6.97. The highest BCUT2D eigenvalue weighted by atomic mass is 32.1. The average molecular weight is 347 g/mol. The van der Waals surface area contributed by atoms with Crippen molar-refractivity contribution in [3.05, 3.63) is 29.5 Å². The van der Waals surface area contributed by atoms with E-state index >= 15 is 0 Å². The predicted octanol–water partition coefficient (Wildman–Crippen LogP) is 1.58. The topological polar surface area (TPSA) is 71.3 Å². The van der Waals surface area contributed by atoms with Crippen molar-refractivity contribution in [2.75, 3.05) is 31.1 Å². The number of aromatic nitrogens is 3. The number of Topliss-reactive ketones (excluding diaryl/α,β-unsaturated/α-hetero) is 1. The first-order valence-electron chi connectivity index (χ1n) is 8.07. The van der Waals surface area contributed by atoms with Crippen LogP contribution in [0.2, 0.25) is 0 Å². The highest BCUT2D eigenvalue weighted by molar-refractivity contribution is 7.13. The van der Waals surface area contributed by atoms with Crippen molar-refractivity contribution in [1.29, 1.82) is 0 Å². The molecule has 3 rings (SSSR count). The molecule has 128 valence electrons. The summed E-state index contributed by atoms with van der Waals surface area (Å²) in [4.78, 5) is 32.9. The zero-order valence-corrected chi connectivity index (χ0v) is 14.5. The van der Waals surface area contributed by atoms with Crippen LogP contribution in [-0.4, -0.2) is 57.5 Å². The smallest absolute Gasteiger partial charge is 0.223 e. The number of rotatable bonds is 5. The molecule has 0 atom stereocenters. The second kappa shape index (κ2) is 7.57. The van der Waals surface area contributed by atoms with Gasteiger partial charge in [0.2, 0.25) is 5.91 Å². The fraction of sp³-hybridized carbons (Fsp3) is 0.500. The molecule has 0 saturated carbocycles. The summed E-state index contributed by atoms with van der Waals surface area (Å²) in [5.74, 6) is 0.0175. The number of thiazole rings is 1. The lowest BCUT2D eigenvalue weighted by Crippen LogP contribution is -2.35. The summed E-state index contributed by atoms with van der Waals surface area (Å²) in [7, 11) is 1.77. The van der Waals surface area contributed by atoms with Crippen molar-refractivity contribution in [3.63, 3.8) is 0 Å². The quantitative estimate of drug-likeness (QED) is 0.768. The van der Waals surface area contributed by atoms with Crippen molar-refractivity contribution in [2.45, 2.75) is 19.3 Å². The minimum Gasteiger partial charge on any atom is -0.346 e. The van der Waals surface area contributed by atoms with Crippen LogP contribution in [0.3, 0.4) is 0 Å². The maximum absolute atomic E-state index is 12.4. The number of hydrogen-bond donors (Lipinski definition) is 0. The van der Waals surface area contributed by atoms with Gasteiger partial charge in [0, 0.05) is 63.8 Å². The molecule has 2 aromatic rings. The maximum Gasteiger partial charge on any atom is 0.223 e. The van der Waals surface area contributed by atoms with Crippen molar-refractivity contribution < 1.29 is 9.59 Å². The van der Waals surface area contributed by atoms with E-state index < -0.39 is 0 Å². The SMILES string of the molecule is Cn1cc(C(=O)CCC(=O)N2CCCN(c3nccs3)CC2)cn1. The Balaban J connectivity index is 1.49. The van der Waals surface area contributed by atoms with Gasteiger partial charge in [0.05, 0.1) is 11.8 Å². The number of anilines is 1. The van der Waals surface area contributed by atoms with Gasteiger partial charge in [0.15, 0.2) is 10.9 Å². The zero-order chi connectivity index (χ0) is 16.9. The highest BCUT2D eigenvalue weighted by Gasteiger charge is 2.21. The summed E-state index contributed by atoms with van der Waals surface area (Å²) in [5.41, 5.74) is 0.566. The van der Waals surface area contributed by atoms with E-state index in [0.29, 0.717) is 12.1 Å². The first-order chi connectivity index (χ1) is 11.6. The van der Waals surface area contributed by atoms with Crippen LogP contribution < -0.4 is 4.90 Å². The number of hydrogen-bond acceptors (Lipinski definition) is 6. The van der Waals surface area contributed by atoms with Crippen molar-refractivity contribution in [3.8, 4) is 0 Å². The van der Waals surface area contributed by atoms with Crippen LogP contribution in [0.4, 0.5) is 5.13 Å². The monoisotopic (exact) mass is 347 g/mol. The second-order valence-electron chi connectivity index (χ2n) is 5.86. The lowest BCUT2D eigenvalue weighted by molar-refractivity contribution is -0.130. The number of amides is 1. The second-order valence-corrected chi connectivity index (χ2v) is 6.73. The Morgan fingerprint density at radius 1 is 1.21 bits per heavy atom. The summed E-state index contributed by atoms with van der Waals surface area (Å²) < 4.78 is 1.59.